The molecule has 1 aromatic heterocycles. The molecule has 1 N–H and O–H groups in total. The topological polar surface area (TPSA) is 47.0 Å². The summed E-state index contributed by atoms with van der Waals surface area (Å²) in [4.78, 5) is 8.06. The first-order valence-corrected chi connectivity index (χ1v) is 5.06. The molecule has 4 nitrogen and oxygen atoms in total. The maximum atomic E-state index is 5.72. The average molecular weight is 214 g/mol. The summed E-state index contributed by atoms with van der Waals surface area (Å²) in [5.74, 6) is 0.563. The summed E-state index contributed by atoms with van der Waals surface area (Å²) in [5, 5.41) is 3.55. The summed E-state index contributed by atoms with van der Waals surface area (Å²) in [5.41, 5.74) is 0. The van der Waals surface area contributed by atoms with Gasteiger partial charge in [-0.3, -0.25) is 0 Å². The Bertz CT molecular complexity index is 302. The second-order valence-electron chi connectivity index (χ2n) is 3.22. The zero-order chi connectivity index (χ0) is 9.80. The van der Waals surface area contributed by atoms with E-state index in [0.717, 1.165) is 26.0 Å². The summed E-state index contributed by atoms with van der Waals surface area (Å²) < 4.78 is 5.45. The van der Waals surface area contributed by atoms with Gasteiger partial charge in [0.1, 0.15) is 5.15 Å². The molecule has 0 radical (unpaired) electrons. The first-order chi connectivity index (χ1) is 6.84. The number of aromatic nitrogens is 2. The number of ether oxygens (including phenoxy) is 1. The monoisotopic (exact) mass is 213 g/mol. The minimum Gasteiger partial charge on any atom is -0.376 e. The van der Waals surface area contributed by atoms with Gasteiger partial charge in [-0.2, -0.15) is 0 Å². The molecule has 5 heteroatoms. The standard InChI is InChI=1S/C9H12ClN3O/c10-8-3-4-11-9(13-8)12-6-7-2-1-5-14-7/h3-4,7H,1-2,5-6H2,(H,11,12,13)/t7-/m0/s1. The highest BCUT2D eigenvalue weighted by Gasteiger charge is 2.15. The van der Waals surface area contributed by atoms with Crippen LogP contribution in [0.4, 0.5) is 5.95 Å². The fraction of sp³-hybridized carbons (Fsp3) is 0.556. The Kier molecular flexibility index (Phi) is 3.16. The quantitative estimate of drug-likeness (QED) is 0.777. The molecule has 1 atom stereocenters. The van der Waals surface area contributed by atoms with Crippen LogP contribution in [0.15, 0.2) is 12.3 Å². The third-order valence-electron chi connectivity index (χ3n) is 2.13. The van der Waals surface area contributed by atoms with E-state index in [9.17, 15) is 0 Å². The predicted octanol–water partition coefficient (Wildman–Crippen LogP) is 1.72. The van der Waals surface area contributed by atoms with Gasteiger partial charge in [-0.05, 0) is 18.9 Å². The van der Waals surface area contributed by atoms with E-state index < -0.39 is 0 Å². The summed E-state index contributed by atoms with van der Waals surface area (Å²) in [6, 6.07) is 1.65. The highest BCUT2D eigenvalue weighted by molar-refractivity contribution is 6.29. The Morgan fingerprint density at radius 2 is 2.57 bits per heavy atom. The van der Waals surface area contributed by atoms with Gasteiger partial charge in [0.15, 0.2) is 0 Å². The fourth-order valence-corrected chi connectivity index (χ4v) is 1.57. The van der Waals surface area contributed by atoms with E-state index in [4.69, 9.17) is 16.3 Å². The lowest BCUT2D eigenvalue weighted by atomic mass is 10.2. The lowest BCUT2D eigenvalue weighted by molar-refractivity contribution is 0.120. The van der Waals surface area contributed by atoms with Crippen molar-refractivity contribution in [2.75, 3.05) is 18.5 Å². The second kappa shape index (κ2) is 4.57. The van der Waals surface area contributed by atoms with Crippen LogP contribution in [0.1, 0.15) is 12.8 Å². The molecule has 1 fully saturated rings. The minimum atomic E-state index is 0.289. The molecular formula is C9H12ClN3O. The number of hydrogen-bond acceptors (Lipinski definition) is 4. The first kappa shape index (κ1) is 9.68. The number of anilines is 1. The van der Waals surface area contributed by atoms with Crippen LogP contribution in [0, 0.1) is 0 Å². The normalized spacial score (nSPS) is 21.1. The molecule has 0 amide bonds. The van der Waals surface area contributed by atoms with Crippen molar-refractivity contribution in [3.05, 3.63) is 17.4 Å². The van der Waals surface area contributed by atoms with Crippen LogP contribution in [0.5, 0.6) is 0 Å². The lowest BCUT2D eigenvalue weighted by Crippen LogP contribution is -2.19. The predicted molar refractivity (Wildman–Crippen MR) is 54.5 cm³/mol. The second-order valence-corrected chi connectivity index (χ2v) is 3.61. The fourth-order valence-electron chi connectivity index (χ4n) is 1.43. The molecule has 1 aromatic rings. The summed E-state index contributed by atoms with van der Waals surface area (Å²) >= 11 is 5.72. The number of rotatable bonds is 3. The number of nitrogens with one attached hydrogen (secondary N) is 1. The molecule has 0 aromatic carbocycles. The third-order valence-corrected chi connectivity index (χ3v) is 2.34. The SMILES string of the molecule is Clc1ccnc(NC[C@@H]2CCCO2)n1. The molecule has 1 saturated heterocycles. The van der Waals surface area contributed by atoms with Gasteiger partial charge in [-0.25, -0.2) is 9.97 Å². The van der Waals surface area contributed by atoms with Crippen LogP contribution in [0.25, 0.3) is 0 Å². The maximum absolute atomic E-state index is 5.72. The van der Waals surface area contributed by atoms with Crippen LogP contribution in [0.3, 0.4) is 0 Å². The maximum Gasteiger partial charge on any atom is 0.224 e. The van der Waals surface area contributed by atoms with Gasteiger partial charge >= 0.3 is 0 Å². The van der Waals surface area contributed by atoms with Gasteiger partial charge in [0.25, 0.3) is 0 Å². The van der Waals surface area contributed by atoms with Crippen molar-refractivity contribution in [2.24, 2.45) is 0 Å². The van der Waals surface area contributed by atoms with Crippen molar-refractivity contribution in [2.45, 2.75) is 18.9 Å². The zero-order valence-electron chi connectivity index (χ0n) is 7.74. The Morgan fingerprint density at radius 1 is 1.64 bits per heavy atom. The summed E-state index contributed by atoms with van der Waals surface area (Å²) in [6.07, 6.45) is 4.17. The smallest absolute Gasteiger partial charge is 0.224 e. The van der Waals surface area contributed by atoms with E-state index in [0.29, 0.717) is 11.1 Å². The van der Waals surface area contributed by atoms with Crippen LogP contribution < -0.4 is 5.32 Å². The Morgan fingerprint density at radius 3 is 3.29 bits per heavy atom. The van der Waals surface area contributed by atoms with Crippen molar-refractivity contribution in [3.63, 3.8) is 0 Å². The molecule has 0 unspecified atom stereocenters. The Labute approximate surface area is 87.7 Å². The molecule has 0 saturated carbocycles. The molecule has 76 valence electrons. The molecule has 1 aliphatic heterocycles. The van der Waals surface area contributed by atoms with Gasteiger partial charge in [-0.1, -0.05) is 11.6 Å². The number of nitrogens with zero attached hydrogens (tertiary/aromatic N) is 2. The number of hydrogen-bond donors (Lipinski definition) is 1. The van der Waals surface area contributed by atoms with Crippen molar-refractivity contribution in [1.82, 2.24) is 9.97 Å². The molecule has 0 bridgehead atoms. The summed E-state index contributed by atoms with van der Waals surface area (Å²) in [6.45, 7) is 1.61. The van der Waals surface area contributed by atoms with Gasteiger partial charge in [0, 0.05) is 19.3 Å². The molecule has 2 rings (SSSR count). The minimum absolute atomic E-state index is 0.289. The van der Waals surface area contributed by atoms with E-state index in [2.05, 4.69) is 15.3 Å². The van der Waals surface area contributed by atoms with Gasteiger partial charge in [0.2, 0.25) is 5.95 Å². The van der Waals surface area contributed by atoms with Crippen LogP contribution in [-0.4, -0.2) is 29.2 Å². The molecule has 14 heavy (non-hydrogen) atoms. The zero-order valence-corrected chi connectivity index (χ0v) is 8.50. The van der Waals surface area contributed by atoms with E-state index in [1.54, 1.807) is 12.3 Å². The van der Waals surface area contributed by atoms with Gasteiger partial charge < -0.3 is 10.1 Å². The molecular weight excluding hydrogens is 202 g/mol. The lowest BCUT2D eigenvalue weighted by Gasteiger charge is -2.10. The van der Waals surface area contributed by atoms with E-state index in [1.807, 2.05) is 0 Å². The highest BCUT2D eigenvalue weighted by Crippen LogP contribution is 2.12. The molecule has 0 spiro atoms. The van der Waals surface area contributed by atoms with Gasteiger partial charge in [0.05, 0.1) is 6.10 Å². The van der Waals surface area contributed by atoms with Crippen molar-refractivity contribution in [1.29, 1.82) is 0 Å². The number of halogens is 1. The van der Waals surface area contributed by atoms with Crippen LogP contribution in [0.2, 0.25) is 5.15 Å². The Hall–Kier alpha value is -0.870. The third kappa shape index (κ3) is 2.56. The Balaban J connectivity index is 1.85. The summed E-state index contributed by atoms with van der Waals surface area (Å²) in [7, 11) is 0. The highest BCUT2D eigenvalue weighted by atomic mass is 35.5. The van der Waals surface area contributed by atoms with E-state index >= 15 is 0 Å². The van der Waals surface area contributed by atoms with Crippen LogP contribution >= 0.6 is 11.6 Å². The van der Waals surface area contributed by atoms with Crippen molar-refractivity contribution >= 4 is 17.5 Å². The van der Waals surface area contributed by atoms with E-state index in [1.165, 1.54) is 0 Å². The average Bonchev–Trinajstić information content (AvgIpc) is 2.67. The van der Waals surface area contributed by atoms with Crippen molar-refractivity contribution in [3.8, 4) is 0 Å². The molecule has 0 aliphatic carbocycles. The molecule has 1 aliphatic rings. The first-order valence-electron chi connectivity index (χ1n) is 4.68. The largest absolute Gasteiger partial charge is 0.376 e. The van der Waals surface area contributed by atoms with Crippen LogP contribution in [-0.2, 0) is 4.74 Å². The van der Waals surface area contributed by atoms with E-state index in [-0.39, 0.29) is 6.10 Å². The van der Waals surface area contributed by atoms with Gasteiger partial charge in [-0.15, -0.1) is 0 Å². The molecule has 2 heterocycles. The van der Waals surface area contributed by atoms with Crippen molar-refractivity contribution < 1.29 is 4.74 Å².